The fourth-order valence-corrected chi connectivity index (χ4v) is 2.61. The van der Waals surface area contributed by atoms with Crippen molar-refractivity contribution in [2.75, 3.05) is 0 Å². The van der Waals surface area contributed by atoms with Gasteiger partial charge in [0.1, 0.15) is 18.2 Å². The minimum atomic E-state index is -0.255. The molecule has 1 aliphatic rings. The van der Waals surface area contributed by atoms with Crippen LogP contribution in [0.5, 0.6) is 5.75 Å². The second-order valence-corrected chi connectivity index (χ2v) is 5.16. The molecule has 2 aromatic rings. The van der Waals surface area contributed by atoms with Crippen molar-refractivity contribution in [2.24, 2.45) is 0 Å². The summed E-state index contributed by atoms with van der Waals surface area (Å²) in [6.45, 7) is 2.43. The van der Waals surface area contributed by atoms with E-state index in [-0.39, 0.29) is 5.82 Å². The molecule has 0 fully saturated rings. The van der Waals surface area contributed by atoms with Crippen LogP contribution >= 0.6 is 0 Å². The number of hydrogen-bond acceptors (Lipinski definition) is 1. The Morgan fingerprint density at radius 3 is 2.79 bits per heavy atom. The van der Waals surface area contributed by atoms with Gasteiger partial charge in [-0.1, -0.05) is 24.3 Å². The van der Waals surface area contributed by atoms with Crippen LogP contribution in [0, 0.1) is 12.7 Å². The van der Waals surface area contributed by atoms with Crippen molar-refractivity contribution in [2.45, 2.75) is 32.8 Å². The van der Waals surface area contributed by atoms with Crippen molar-refractivity contribution in [3.8, 4) is 5.75 Å². The van der Waals surface area contributed by atoms with Gasteiger partial charge in [-0.05, 0) is 54.5 Å². The summed E-state index contributed by atoms with van der Waals surface area (Å²) in [6, 6.07) is 11.2. The number of aryl methyl sites for hydroxylation is 3. The number of fused-ring (bicyclic) bond motifs is 1. The molecule has 19 heavy (non-hydrogen) atoms. The highest BCUT2D eigenvalue weighted by Crippen LogP contribution is 2.24. The lowest BCUT2D eigenvalue weighted by molar-refractivity contribution is 0.302. The molecular formula is C17H17FO. The van der Waals surface area contributed by atoms with Gasteiger partial charge in [0.15, 0.2) is 0 Å². The van der Waals surface area contributed by atoms with E-state index < -0.39 is 0 Å². The molecule has 0 saturated carbocycles. The smallest absolute Gasteiger partial charge is 0.126 e. The number of halogens is 1. The topological polar surface area (TPSA) is 9.23 Å². The summed E-state index contributed by atoms with van der Waals surface area (Å²) < 4.78 is 18.9. The highest BCUT2D eigenvalue weighted by atomic mass is 19.1. The second kappa shape index (κ2) is 5.04. The Kier molecular flexibility index (Phi) is 3.24. The van der Waals surface area contributed by atoms with E-state index in [2.05, 4.69) is 18.2 Å². The molecule has 1 aliphatic carbocycles. The summed E-state index contributed by atoms with van der Waals surface area (Å²) in [5.74, 6) is 0.370. The van der Waals surface area contributed by atoms with Crippen LogP contribution in [-0.2, 0) is 19.4 Å². The van der Waals surface area contributed by atoms with Gasteiger partial charge >= 0.3 is 0 Å². The summed E-state index contributed by atoms with van der Waals surface area (Å²) >= 11 is 0. The van der Waals surface area contributed by atoms with Gasteiger partial charge in [-0.15, -0.1) is 0 Å². The first-order valence-electron chi connectivity index (χ1n) is 6.72. The summed E-state index contributed by atoms with van der Waals surface area (Å²) in [5, 5.41) is 0. The van der Waals surface area contributed by atoms with Crippen molar-refractivity contribution < 1.29 is 9.13 Å². The normalized spacial score (nSPS) is 13.4. The van der Waals surface area contributed by atoms with Crippen LogP contribution in [0.4, 0.5) is 4.39 Å². The predicted molar refractivity (Wildman–Crippen MR) is 73.9 cm³/mol. The van der Waals surface area contributed by atoms with Crippen LogP contribution in [0.15, 0.2) is 36.4 Å². The van der Waals surface area contributed by atoms with E-state index in [4.69, 9.17) is 4.74 Å². The van der Waals surface area contributed by atoms with Crippen molar-refractivity contribution in [1.82, 2.24) is 0 Å². The van der Waals surface area contributed by atoms with Crippen molar-refractivity contribution in [1.29, 1.82) is 0 Å². The van der Waals surface area contributed by atoms with Crippen molar-refractivity contribution in [3.05, 3.63) is 64.5 Å². The lowest BCUT2D eigenvalue weighted by atomic mass is 10.1. The largest absolute Gasteiger partial charge is 0.489 e. The number of rotatable bonds is 3. The van der Waals surface area contributed by atoms with Crippen LogP contribution in [0.2, 0.25) is 0 Å². The molecule has 0 bridgehead atoms. The van der Waals surface area contributed by atoms with E-state index >= 15 is 0 Å². The van der Waals surface area contributed by atoms with E-state index in [1.54, 1.807) is 6.07 Å². The van der Waals surface area contributed by atoms with Gasteiger partial charge in [0.2, 0.25) is 0 Å². The lowest BCUT2D eigenvalue weighted by Crippen LogP contribution is -1.98. The first-order chi connectivity index (χ1) is 9.22. The Labute approximate surface area is 113 Å². The monoisotopic (exact) mass is 256 g/mol. The molecular weight excluding hydrogens is 239 g/mol. The van der Waals surface area contributed by atoms with Gasteiger partial charge in [-0.25, -0.2) is 4.39 Å². The summed E-state index contributed by atoms with van der Waals surface area (Å²) in [6.07, 6.45) is 3.62. The summed E-state index contributed by atoms with van der Waals surface area (Å²) in [4.78, 5) is 0. The molecule has 0 N–H and O–H groups in total. The Morgan fingerprint density at radius 2 is 1.89 bits per heavy atom. The van der Waals surface area contributed by atoms with Crippen LogP contribution in [0.1, 0.15) is 28.7 Å². The van der Waals surface area contributed by atoms with E-state index in [9.17, 15) is 4.39 Å². The van der Waals surface area contributed by atoms with Gasteiger partial charge in [0.05, 0.1) is 0 Å². The second-order valence-electron chi connectivity index (χ2n) is 5.16. The third-order valence-electron chi connectivity index (χ3n) is 3.71. The van der Waals surface area contributed by atoms with Gasteiger partial charge < -0.3 is 4.74 Å². The number of ether oxygens (including phenoxy) is 1. The molecule has 3 rings (SSSR count). The maximum atomic E-state index is 13.2. The van der Waals surface area contributed by atoms with Crippen molar-refractivity contribution >= 4 is 0 Å². The average molecular weight is 256 g/mol. The highest BCUT2D eigenvalue weighted by Gasteiger charge is 2.11. The SMILES string of the molecule is Cc1ccc(F)cc1OCc1ccc2c(c1)CCC2. The van der Waals surface area contributed by atoms with Gasteiger partial charge in [0.25, 0.3) is 0 Å². The zero-order chi connectivity index (χ0) is 13.2. The Balaban J connectivity index is 1.74. The Bertz CT molecular complexity index is 604. The fourth-order valence-electron chi connectivity index (χ4n) is 2.61. The van der Waals surface area contributed by atoms with E-state index in [0.717, 1.165) is 11.1 Å². The molecule has 0 saturated heterocycles. The first kappa shape index (κ1) is 12.2. The van der Waals surface area contributed by atoms with Gasteiger partial charge in [-0.3, -0.25) is 0 Å². The zero-order valence-electron chi connectivity index (χ0n) is 11.1. The molecule has 0 aliphatic heterocycles. The van der Waals surface area contributed by atoms with E-state index in [1.807, 2.05) is 6.92 Å². The zero-order valence-corrected chi connectivity index (χ0v) is 11.1. The third-order valence-corrected chi connectivity index (χ3v) is 3.71. The minimum Gasteiger partial charge on any atom is -0.489 e. The summed E-state index contributed by atoms with van der Waals surface area (Å²) in [5.41, 5.74) is 5.02. The number of hydrogen-bond donors (Lipinski definition) is 0. The predicted octanol–water partition coefficient (Wildman–Crippen LogP) is 4.20. The molecule has 98 valence electrons. The average Bonchev–Trinajstić information content (AvgIpc) is 2.87. The van der Waals surface area contributed by atoms with Gasteiger partial charge in [0, 0.05) is 6.07 Å². The maximum absolute atomic E-state index is 13.2. The quantitative estimate of drug-likeness (QED) is 0.799. The lowest BCUT2D eigenvalue weighted by Gasteiger charge is -2.10. The fraction of sp³-hybridized carbons (Fsp3) is 0.294. The molecule has 0 radical (unpaired) electrons. The maximum Gasteiger partial charge on any atom is 0.126 e. The first-order valence-corrected chi connectivity index (χ1v) is 6.72. The molecule has 0 heterocycles. The van der Waals surface area contributed by atoms with Crippen LogP contribution in [0.25, 0.3) is 0 Å². The summed E-state index contributed by atoms with van der Waals surface area (Å²) in [7, 11) is 0. The highest BCUT2D eigenvalue weighted by molar-refractivity contribution is 5.36. The number of benzene rings is 2. The van der Waals surface area contributed by atoms with Crippen LogP contribution in [-0.4, -0.2) is 0 Å². The molecule has 0 aromatic heterocycles. The molecule has 1 nitrogen and oxygen atoms in total. The van der Waals surface area contributed by atoms with Crippen LogP contribution in [0.3, 0.4) is 0 Å². The molecule has 0 spiro atoms. The van der Waals surface area contributed by atoms with E-state index in [1.165, 1.54) is 42.5 Å². The van der Waals surface area contributed by atoms with Gasteiger partial charge in [-0.2, -0.15) is 0 Å². The molecule has 2 aromatic carbocycles. The Morgan fingerprint density at radius 1 is 1.05 bits per heavy atom. The molecule has 0 atom stereocenters. The van der Waals surface area contributed by atoms with E-state index in [0.29, 0.717) is 12.4 Å². The molecule has 0 unspecified atom stereocenters. The van der Waals surface area contributed by atoms with Crippen molar-refractivity contribution in [3.63, 3.8) is 0 Å². The molecule has 0 amide bonds. The Hall–Kier alpha value is -1.83. The molecule has 2 heteroatoms. The third kappa shape index (κ3) is 2.62. The minimum absolute atomic E-state index is 0.255. The standard InChI is InChI=1S/C17H17FO/c1-12-5-8-16(18)10-17(12)19-11-13-6-7-14-3-2-4-15(14)9-13/h5-10H,2-4,11H2,1H3. The van der Waals surface area contributed by atoms with Crippen LogP contribution < -0.4 is 4.74 Å².